The van der Waals surface area contributed by atoms with Gasteiger partial charge >= 0.3 is 11.9 Å². The largest absolute Gasteiger partial charge is 0.462 e. The van der Waals surface area contributed by atoms with Gasteiger partial charge in [-0.3, -0.25) is 14.1 Å². The van der Waals surface area contributed by atoms with Gasteiger partial charge in [-0.25, -0.2) is 0 Å². The van der Waals surface area contributed by atoms with E-state index in [2.05, 4.69) is 13.8 Å². The Bertz CT molecular complexity index is 994. The predicted molar refractivity (Wildman–Crippen MR) is 201 cm³/mol. The predicted octanol–water partition coefficient (Wildman–Crippen LogP) is 7.34. The molecule has 0 bridgehead atoms. The molecule has 0 amide bonds. The molecule has 0 unspecified atom stereocenters. The summed E-state index contributed by atoms with van der Waals surface area (Å²) in [5.74, 6) is -1.97. The highest BCUT2D eigenvalue weighted by molar-refractivity contribution is 7.85. The number of aliphatic hydroxyl groups is 3. The Morgan fingerprint density at radius 1 is 0.577 bits per heavy atom. The van der Waals surface area contributed by atoms with Crippen LogP contribution in [0.4, 0.5) is 0 Å². The maximum atomic E-state index is 12.7. The molecule has 1 heterocycles. The van der Waals surface area contributed by atoms with E-state index in [9.17, 15) is 37.9 Å². The quantitative estimate of drug-likeness (QED) is 0.0291. The van der Waals surface area contributed by atoms with E-state index >= 15 is 0 Å². The van der Waals surface area contributed by atoms with Crippen LogP contribution in [0, 0.1) is 0 Å². The van der Waals surface area contributed by atoms with Crippen LogP contribution in [0.2, 0.25) is 0 Å². The first-order valence-corrected chi connectivity index (χ1v) is 22.2. The van der Waals surface area contributed by atoms with Gasteiger partial charge in [-0.1, -0.05) is 155 Å². The van der Waals surface area contributed by atoms with E-state index in [1.54, 1.807) is 0 Å². The molecule has 1 aliphatic heterocycles. The molecule has 0 saturated carbocycles. The van der Waals surface area contributed by atoms with Crippen LogP contribution in [-0.4, -0.2) is 96.0 Å². The molecule has 13 heteroatoms. The Kier molecular flexibility index (Phi) is 28.9. The maximum Gasteiger partial charge on any atom is 0.306 e. The molecule has 1 aliphatic rings. The first kappa shape index (κ1) is 48.7. The number of carbonyl (C=O) groups excluding carboxylic acids is 2. The van der Waals surface area contributed by atoms with Crippen LogP contribution >= 0.6 is 0 Å². The minimum Gasteiger partial charge on any atom is -0.462 e. The fourth-order valence-electron chi connectivity index (χ4n) is 6.44. The number of unbranched alkanes of at least 4 members (excludes halogenated alkanes) is 22. The van der Waals surface area contributed by atoms with Gasteiger partial charge in [0, 0.05) is 12.8 Å². The lowest BCUT2D eigenvalue weighted by atomic mass is 10.00. The zero-order chi connectivity index (χ0) is 38.5. The van der Waals surface area contributed by atoms with Gasteiger partial charge in [-0.05, 0) is 12.8 Å². The molecule has 308 valence electrons. The molecule has 6 atom stereocenters. The summed E-state index contributed by atoms with van der Waals surface area (Å²) in [7, 11) is -4.59. The zero-order valence-corrected chi connectivity index (χ0v) is 33.2. The van der Waals surface area contributed by atoms with Crippen molar-refractivity contribution < 1.29 is 56.8 Å². The monoisotopic (exact) mass is 766 g/mol. The number of hydrogen-bond acceptors (Lipinski definition) is 11. The van der Waals surface area contributed by atoms with E-state index < -0.39 is 71.2 Å². The molecule has 0 radical (unpaired) electrons. The van der Waals surface area contributed by atoms with Crippen molar-refractivity contribution in [3.63, 3.8) is 0 Å². The summed E-state index contributed by atoms with van der Waals surface area (Å²) >= 11 is 0. The third kappa shape index (κ3) is 25.6. The van der Waals surface area contributed by atoms with E-state index in [1.807, 2.05) is 0 Å². The van der Waals surface area contributed by atoms with E-state index in [0.717, 1.165) is 38.5 Å². The van der Waals surface area contributed by atoms with Crippen molar-refractivity contribution in [2.45, 2.75) is 218 Å². The summed E-state index contributed by atoms with van der Waals surface area (Å²) in [6.07, 6.45) is 18.7. The topological polar surface area (TPSA) is 186 Å². The Balaban J connectivity index is 2.49. The van der Waals surface area contributed by atoms with Gasteiger partial charge in [-0.2, -0.15) is 8.42 Å². The summed E-state index contributed by atoms with van der Waals surface area (Å²) in [5.41, 5.74) is 0. The van der Waals surface area contributed by atoms with Crippen LogP contribution < -0.4 is 0 Å². The Morgan fingerprint density at radius 3 is 1.40 bits per heavy atom. The summed E-state index contributed by atoms with van der Waals surface area (Å²) in [6.45, 7) is 3.74. The summed E-state index contributed by atoms with van der Waals surface area (Å²) < 4.78 is 53.9. The Hall–Kier alpha value is -1.35. The molecule has 1 saturated heterocycles. The van der Waals surface area contributed by atoms with Crippen LogP contribution in [0.15, 0.2) is 0 Å². The Morgan fingerprint density at radius 2 is 0.981 bits per heavy atom. The van der Waals surface area contributed by atoms with Gasteiger partial charge in [0.15, 0.2) is 12.4 Å². The highest BCUT2D eigenvalue weighted by atomic mass is 32.2. The number of esters is 2. The van der Waals surface area contributed by atoms with E-state index in [0.29, 0.717) is 12.8 Å². The van der Waals surface area contributed by atoms with Gasteiger partial charge in [-0.15, -0.1) is 0 Å². The van der Waals surface area contributed by atoms with Crippen LogP contribution in [0.3, 0.4) is 0 Å². The van der Waals surface area contributed by atoms with E-state index in [-0.39, 0.29) is 19.4 Å². The smallest absolute Gasteiger partial charge is 0.306 e. The number of ether oxygens (including phenoxy) is 4. The third-order valence-corrected chi connectivity index (χ3v) is 10.4. The van der Waals surface area contributed by atoms with Crippen molar-refractivity contribution in [2.24, 2.45) is 0 Å². The molecule has 1 fully saturated rings. The molecule has 0 aromatic carbocycles. The minimum absolute atomic E-state index is 0.171. The van der Waals surface area contributed by atoms with Crippen LogP contribution in [0.1, 0.15) is 181 Å². The standard InChI is InChI=1S/C39H74O12S/c1-3-5-7-9-11-13-15-16-18-20-22-24-26-28-35(41)50-32(29-48-34(40)27-25-23-21-19-17-14-12-10-8-6-4-2)30-49-39-38(44)37(43)36(42)33(51-39)31-52(45,46)47/h32-33,36-39,42-44H,3-31H2,1-2H3,(H,45,46,47)/t32-,33-,36-,37+,38-,39+/m1/s1. The fourth-order valence-corrected chi connectivity index (χ4v) is 7.13. The van der Waals surface area contributed by atoms with Gasteiger partial charge in [0.05, 0.1) is 6.61 Å². The molecule has 0 aromatic rings. The molecule has 4 N–H and O–H groups in total. The average Bonchev–Trinajstić information content (AvgIpc) is 3.10. The summed E-state index contributed by atoms with van der Waals surface area (Å²) in [6, 6.07) is 0. The summed E-state index contributed by atoms with van der Waals surface area (Å²) in [5, 5.41) is 30.8. The van der Waals surface area contributed by atoms with Gasteiger partial charge in [0.25, 0.3) is 10.1 Å². The molecule has 52 heavy (non-hydrogen) atoms. The SMILES string of the molecule is CCCCCCCCCCCCCCCC(=O)O[C@H](COC(=O)CCCCCCCCCCCCC)CO[C@H]1O[C@H](CS(=O)(=O)O)[C@@H](O)[C@H](O)[C@H]1O. The van der Waals surface area contributed by atoms with E-state index in [1.165, 1.54) is 103 Å². The molecular weight excluding hydrogens is 692 g/mol. The second-order valence-corrected chi connectivity index (χ2v) is 16.2. The van der Waals surface area contributed by atoms with Crippen molar-refractivity contribution in [3.8, 4) is 0 Å². The number of hydrogen-bond donors (Lipinski definition) is 4. The molecule has 12 nitrogen and oxygen atoms in total. The highest BCUT2D eigenvalue weighted by Crippen LogP contribution is 2.24. The van der Waals surface area contributed by atoms with Crippen LogP contribution in [0.5, 0.6) is 0 Å². The van der Waals surface area contributed by atoms with Gasteiger partial charge in [0.2, 0.25) is 0 Å². The lowest BCUT2D eigenvalue weighted by molar-refractivity contribution is -0.297. The van der Waals surface area contributed by atoms with Crippen molar-refractivity contribution in [1.82, 2.24) is 0 Å². The summed E-state index contributed by atoms with van der Waals surface area (Å²) in [4.78, 5) is 25.2. The number of aliphatic hydroxyl groups excluding tert-OH is 3. The normalized spacial score (nSPS) is 21.2. The van der Waals surface area contributed by atoms with E-state index in [4.69, 9.17) is 18.9 Å². The molecule has 1 rings (SSSR count). The fraction of sp³-hybridized carbons (Fsp3) is 0.949. The third-order valence-electron chi connectivity index (χ3n) is 9.69. The highest BCUT2D eigenvalue weighted by Gasteiger charge is 2.46. The van der Waals surface area contributed by atoms with Gasteiger partial charge in [0.1, 0.15) is 36.8 Å². The lowest BCUT2D eigenvalue weighted by Gasteiger charge is -2.40. The van der Waals surface area contributed by atoms with Gasteiger partial charge < -0.3 is 34.3 Å². The Labute approximate surface area is 314 Å². The van der Waals surface area contributed by atoms with Crippen molar-refractivity contribution in [1.29, 1.82) is 0 Å². The number of rotatable bonds is 34. The van der Waals surface area contributed by atoms with Crippen molar-refractivity contribution in [2.75, 3.05) is 19.0 Å². The molecule has 0 aliphatic carbocycles. The first-order chi connectivity index (χ1) is 25.0. The lowest BCUT2D eigenvalue weighted by Crippen LogP contribution is -2.60. The second kappa shape index (κ2) is 30.9. The maximum absolute atomic E-state index is 12.7. The molecule has 0 aromatic heterocycles. The van der Waals surface area contributed by atoms with Crippen LogP contribution in [-0.2, 0) is 38.7 Å². The first-order valence-electron chi connectivity index (χ1n) is 20.6. The van der Waals surface area contributed by atoms with Crippen molar-refractivity contribution in [3.05, 3.63) is 0 Å². The minimum atomic E-state index is -4.59. The van der Waals surface area contributed by atoms with Crippen LogP contribution in [0.25, 0.3) is 0 Å². The molecular formula is C39H74O12S. The average molecular weight is 767 g/mol. The second-order valence-electron chi connectivity index (χ2n) is 14.7. The number of carbonyl (C=O) groups is 2. The zero-order valence-electron chi connectivity index (χ0n) is 32.4. The molecule has 0 spiro atoms. The van der Waals surface area contributed by atoms with Crippen molar-refractivity contribution >= 4 is 22.1 Å².